The fourth-order valence-corrected chi connectivity index (χ4v) is 4.53. The molecule has 1 N–H and O–H groups in total. The van der Waals surface area contributed by atoms with Crippen LogP contribution in [-0.4, -0.2) is 18.0 Å². The van der Waals surface area contributed by atoms with Crippen molar-refractivity contribution in [3.8, 4) is 0 Å². The quantitative estimate of drug-likeness (QED) is 0.863. The molecule has 0 aromatic heterocycles. The summed E-state index contributed by atoms with van der Waals surface area (Å²) in [5.41, 5.74) is 6.09. The third-order valence-electron chi connectivity index (χ3n) is 5.53. The van der Waals surface area contributed by atoms with Gasteiger partial charge in [0.2, 0.25) is 0 Å². The summed E-state index contributed by atoms with van der Waals surface area (Å²) in [7, 11) is 0. The molecule has 2 atom stereocenters. The highest BCUT2D eigenvalue weighted by Gasteiger charge is 2.38. The number of fused-ring (bicyclic) bond motifs is 4. The Morgan fingerprint density at radius 1 is 1.19 bits per heavy atom. The van der Waals surface area contributed by atoms with Crippen LogP contribution in [0, 0.1) is 5.92 Å². The number of unbranched alkanes of at least 4 members (excludes halogenated alkanes) is 1. The SMILES string of the molecule is CCCCC1CCCN2CCC3C(=C12)Nc1ccccc13. The number of nitrogens with zero attached hydrogens (tertiary/aromatic N) is 1. The molecule has 3 aliphatic heterocycles. The molecular weight excluding hydrogens is 256 g/mol. The van der Waals surface area contributed by atoms with Gasteiger partial charge in [-0.25, -0.2) is 0 Å². The molecule has 0 spiro atoms. The fourth-order valence-electron chi connectivity index (χ4n) is 4.53. The van der Waals surface area contributed by atoms with Crippen molar-refractivity contribution in [1.82, 2.24) is 4.90 Å². The summed E-state index contributed by atoms with van der Waals surface area (Å²) in [5, 5.41) is 3.78. The Morgan fingerprint density at radius 2 is 2.10 bits per heavy atom. The van der Waals surface area contributed by atoms with E-state index in [2.05, 4.69) is 41.4 Å². The van der Waals surface area contributed by atoms with E-state index in [1.807, 2.05) is 0 Å². The Labute approximate surface area is 128 Å². The topological polar surface area (TPSA) is 15.3 Å². The minimum absolute atomic E-state index is 0.634. The van der Waals surface area contributed by atoms with Crippen molar-refractivity contribution in [2.24, 2.45) is 5.92 Å². The van der Waals surface area contributed by atoms with E-state index in [9.17, 15) is 0 Å². The molecule has 2 heteroatoms. The summed E-state index contributed by atoms with van der Waals surface area (Å²) in [6.07, 6.45) is 8.10. The van der Waals surface area contributed by atoms with Gasteiger partial charge in [0, 0.05) is 42.0 Å². The van der Waals surface area contributed by atoms with Gasteiger partial charge in [-0.05, 0) is 37.3 Å². The lowest BCUT2D eigenvalue weighted by molar-refractivity contribution is 0.209. The fraction of sp³-hybridized carbons (Fsp3) is 0.579. The van der Waals surface area contributed by atoms with Crippen molar-refractivity contribution >= 4 is 5.69 Å². The third kappa shape index (κ3) is 2.16. The minimum Gasteiger partial charge on any atom is -0.373 e. The molecule has 0 amide bonds. The maximum absolute atomic E-state index is 3.78. The number of para-hydroxylation sites is 1. The molecule has 112 valence electrons. The monoisotopic (exact) mass is 282 g/mol. The zero-order valence-corrected chi connectivity index (χ0v) is 13.1. The van der Waals surface area contributed by atoms with Gasteiger partial charge in [0.15, 0.2) is 0 Å². The average Bonchev–Trinajstić information content (AvgIpc) is 2.91. The van der Waals surface area contributed by atoms with Gasteiger partial charge in [-0.15, -0.1) is 0 Å². The maximum atomic E-state index is 3.78. The number of hydrogen-bond donors (Lipinski definition) is 1. The van der Waals surface area contributed by atoms with Crippen LogP contribution >= 0.6 is 0 Å². The van der Waals surface area contributed by atoms with Crippen molar-refractivity contribution in [1.29, 1.82) is 0 Å². The molecule has 0 aliphatic carbocycles. The molecule has 21 heavy (non-hydrogen) atoms. The molecule has 1 aromatic rings. The van der Waals surface area contributed by atoms with Crippen LogP contribution in [-0.2, 0) is 0 Å². The lowest BCUT2D eigenvalue weighted by Crippen LogP contribution is -2.39. The molecular formula is C19H26N2. The molecule has 1 saturated heterocycles. The zero-order valence-electron chi connectivity index (χ0n) is 13.1. The molecule has 3 aliphatic rings. The van der Waals surface area contributed by atoms with Crippen LogP contribution in [0.1, 0.15) is 56.9 Å². The Morgan fingerprint density at radius 3 is 3.00 bits per heavy atom. The van der Waals surface area contributed by atoms with Gasteiger partial charge in [0.05, 0.1) is 0 Å². The minimum atomic E-state index is 0.634. The van der Waals surface area contributed by atoms with Crippen molar-refractivity contribution in [2.75, 3.05) is 18.4 Å². The first-order valence-corrected chi connectivity index (χ1v) is 8.73. The van der Waals surface area contributed by atoms with Crippen LogP contribution in [0.5, 0.6) is 0 Å². The number of piperidine rings is 1. The number of hydrogen-bond acceptors (Lipinski definition) is 2. The van der Waals surface area contributed by atoms with Crippen molar-refractivity contribution in [3.05, 3.63) is 41.2 Å². The largest absolute Gasteiger partial charge is 0.373 e. The standard InChI is InChI=1S/C19H26N2/c1-2-3-7-14-8-6-12-21-13-11-16-15-9-4-5-10-17(15)20-18(16)19(14)21/h4-5,9-10,14,16,20H,2-3,6-8,11-13H2,1H3. The second-order valence-electron chi connectivity index (χ2n) is 6.82. The van der Waals surface area contributed by atoms with Gasteiger partial charge in [0.25, 0.3) is 0 Å². The van der Waals surface area contributed by atoms with E-state index in [0.29, 0.717) is 5.92 Å². The van der Waals surface area contributed by atoms with Crippen LogP contribution in [0.3, 0.4) is 0 Å². The van der Waals surface area contributed by atoms with E-state index in [4.69, 9.17) is 0 Å². The molecule has 4 rings (SSSR count). The second kappa shape index (κ2) is 5.40. The summed E-state index contributed by atoms with van der Waals surface area (Å²) in [5.74, 6) is 1.42. The van der Waals surface area contributed by atoms with Gasteiger partial charge < -0.3 is 10.2 Å². The highest BCUT2D eigenvalue weighted by atomic mass is 15.2. The number of nitrogens with one attached hydrogen (secondary N) is 1. The Hall–Kier alpha value is -1.44. The van der Waals surface area contributed by atoms with Crippen molar-refractivity contribution in [3.63, 3.8) is 0 Å². The summed E-state index contributed by atoms with van der Waals surface area (Å²) in [4.78, 5) is 2.69. The van der Waals surface area contributed by atoms with Gasteiger partial charge in [-0.2, -0.15) is 0 Å². The third-order valence-corrected chi connectivity index (χ3v) is 5.53. The second-order valence-corrected chi connectivity index (χ2v) is 6.82. The Balaban J connectivity index is 1.72. The predicted octanol–water partition coefficient (Wildman–Crippen LogP) is 4.71. The molecule has 2 unspecified atom stereocenters. The molecule has 3 heterocycles. The van der Waals surface area contributed by atoms with Crippen molar-refractivity contribution in [2.45, 2.75) is 51.4 Å². The van der Waals surface area contributed by atoms with E-state index >= 15 is 0 Å². The summed E-state index contributed by atoms with van der Waals surface area (Å²) < 4.78 is 0. The molecule has 2 nitrogen and oxygen atoms in total. The Kier molecular flexibility index (Phi) is 3.40. The van der Waals surface area contributed by atoms with Crippen LogP contribution in [0.15, 0.2) is 35.7 Å². The first kappa shape index (κ1) is 13.2. The number of rotatable bonds is 3. The number of benzene rings is 1. The molecule has 0 radical (unpaired) electrons. The summed E-state index contributed by atoms with van der Waals surface area (Å²) in [6, 6.07) is 8.91. The first-order chi connectivity index (χ1) is 10.4. The number of anilines is 1. The number of allylic oxidation sites excluding steroid dienone is 2. The summed E-state index contributed by atoms with van der Waals surface area (Å²) >= 11 is 0. The van der Waals surface area contributed by atoms with Gasteiger partial charge in [-0.1, -0.05) is 38.0 Å². The van der Waals surface area contributed by atoms with E-state index in [-0.39, 0.29) is 0 Å². The van der Waals surface area contributed by atoms with Crippen molar-refractivity contribution < 1.29 is 0 Å². The molecule has 0 bridgehead atoms. The van der Waals surface area contributed by atoms with Crippen LogP contribution < -0.4 is 5.32 Å². The van der Waals surface area contributed by atoms with Crippen LogP contribution in [0.25, 0.3) is 0 Å². The molecule has 0 saturated carbocycles. The highest BCUT2D eigenvalue weighted by Crippen LogP contribution is 2.48. The lowest BCUT2D eigenvalue weighted by Gasteiger charge is -2.43. The first-order valence-electron chi connectivity index (χ1n) is 8.73. The van der Waals surface area contributed by atoms with E-state index in [0.717, 1.165) is 5.92 Å². The van der Waals surface area contributed by atoms with E-state index < -0.39 is 0 Å². The predicted molar refractivity (Wildman–Crippen MR) is 88.3 cm³/mol. The smallest absolute Gasteiger partial charge is 0.0426 e. The molecule has 1 aromatic carbocycles. The van der Waals surface area contributed by atoms with E-state index in [1.165, 1.54) is 62.9 Å². The highest BCUT2D eigenvalue weighted by molar-refractivity contribution is 5.66. The zero-order chi connectivity index (χ0) is 14.2. The van der Waals surface area contributed by atoms with Crippen LogP contribution in [0.2, 0.25) is 0 Å². The molecule has 1 fully saturated rings. The Bertz CT molecular complexity index is 560. The van der Waals surface area contributed by atoms with Gasteiger partial charge in [-0.3, -0.25) is 0 Å². The summed E-state index contributed by atoms with van der Waals surface area (Å²) in [6.45, 7) is 4.83. The van der Waals surface area contributed by atoms with Gasteiger partial charge >= 0.3 is 0 Å². The van der Waals surface area contributed by atoms with E-state index in [1.54, 1.807) is 11.4 Å². The lowest BCUT2D eigenvalue weighted by atomic mass is 9.81. The normalized spacial score (nSPS) is 27.0. The van der Waals surface area contributed by atoms with Gasteiger partial charge in [0.1, 0.15) is 0 Å². The van der Waals surface area contributed by atoms with Crippen LogP contribution in [0.4, 0.5) is 5.69 Å². The average molecular weight is 282 g/mol. The maximum Gasteiger partial charge on any atom is 0.0426 e.